The Morgan fingerprint density at radius 3 is 2.28 bits per heavy atom. The van der Waals surface area contributed by atoms with Gasteiger partial charge in [0.05, 0.1) is 14.2 Å². The second-order valence-electron chi connectivity index (χ2n) is 5.76. The van der Waals surface area contributed by atoms with Crippen LogP contribution >= 0.6 is 0 Å². The normalized spacial score (nSPS) is 12.8. The van der Waals surface area contributed by atoms with Crippen LogP contribution in [0.2, 0.25) is 0 Å². The SMILES string of the molecule is COc1ccc(S(=O)(=O)NCC(c2ccccc2)N(C)C)c(OC)c1. The van der Waals surface area contributed by atoms with Gasteiger partial charge in [-0.05, 0) is 31.8 Å². The summed E-state index contributed by atoms with van der Waals surface area (Å²) in [4.78, 5) is 2.06. The van der Waals surface area contributed by atoms with Gasteiger partial charge < -0.3 is 14.4 Å². The van der Waals surface area contributed by atoms with Gasteiger partial charge in [0.1, 0.15) is 16.4 Å². The molecule has 0 aliphatic rings. The van der Waals surface area contributed by atoms with Gasteiger partial charge in [0.25, 0.3) is 0 Å². The molecule has 0 aromatic heterocycles. The first-order valence-corrected chi connectivity index (χ1v) is 9.30. The van der Waals surface area contributed by atoms with Crippen LogP contribution in [0.15, 0.2) is 53.4 Å². The molecule has 0 radical (unpaired) electrons. The lowest BCUT2D eigenvalue weighted by Crippen LogP contribution is -2.34. The highest BCUT2D eigenvalue weighted by molar-refractivity contribution is 7.89. The monoisotopic (exact) mass is 364 g/mol. The Morgan fingerprint density at radius 2 is 1.72 bits per heavy atom. The minimum atomic E-state index is -3.72. The molecule has 0 spiro atoms. The topological polar surface area (TPSA) is 67.9 Å². The van der Waals surface area contributed by atoms with Gasteiger partial charge in [0.2, 0.25) is 10.0 Å². The zero-order chi connectivity index (χ0) is 18.4. The highest BCUT2D eigenvalue weighted by atomic mass is 32.2. The predicted octanol–water partition coefficient (Wildman–Crippen LogP) is 2.29. The van der Waals surface area contributed by atoms with Crippen LogP contribution < -0.4 is 14.2 Å². The molecule has 0 saturated heterocycles. The van der Waals surface area contributed by atoms with Crippen molar-refractivity contribution in [3.63, 3.8) is 0 Å². The number of likely N-dealkylation sites (N-methyl/N-ethyl adjacent to an activating group) is 1. The Labute approximate surface area is 149 Å². The van der Waals surface area contributed by atoms with Crippen LogP contribution in [0.3, 0.4) is 0 Å². The number of ether oxygens (including phenoxy) is 2. The third-order valence-corrected chi connectivity index (χ3v) is 5.40. The molecule has 0 bridgehead atoms. The molecule has 7 heteroatoms. The Morgan fingerprint density at radius 1 is 1.04 bits per heavy atom. The average Bonchev–Trinajstić information content (AvgIpc) is 2.61. The molecular formula is C18H24N2O4S. The lowest BCUT2D eigenvalue weighted by molar-refractivity contribution is 0.299. The van der Waals surface area contributed by atoms with Crippen molar-refractivity contribution in [1.82, 2.24) is 9.62 Å². The summed E-state index contributed by atoms with van der Waals surface area (Å²) in [6, 6.07) is 14.3. The van der Waals surface area contributed by atoms with Crippen molar-refractivity contribution in [1.29, 1.82) is 0 Å². The molecule has 2 aromatic carbocycles. The fraction of sp³-hybridized carbons (Fsp3) is 0.333. The summed E-state index contributed by atoms with van der Waals surface area (Å²) in [7, 11) is 3.06. The van der Waals surface area contributed by atoms with Crippen LogP contribution in [0.5, 0.6) is 11.5 Å². The van der Waals surface area contributed by atoms with E-state index in [1.165, 1.54) is 20.3 Å². The molecule has 0 heterocycles. The molecule has 0 amide bonds. The first kappa shape index (κ1) is 19.2. The smallest absolute Gasteiger partial charge is 0.244 e. The first-order chi connectivity index (χ1) is 11.9. The van der Waals surface area contributed by atoms with Gasteiger partial charge in [-0.1, -0.05) is 30.3 Å². The maximum Gasteiger partial charge on any atom is 0.244 e. The summed E-state index contributed by atoms with van der Waals surface area (Å²) in [6.07, 6.45) is 0. The van der Waals surface area contributed by atoms with Gasteiger partial charge in [0, 0.05) is 18.7 Å². The number of nitrogens with one attached hydrogen (secondary N) is 1. The standard InChI is InChI=1S/C18H24N2O4S/c1-20(2)16(14-8-6-5-7-9-14)13-19-25(21,22)18-11-10-15(23-3)12-17(18)24-4/h5-12,16,19H,13H2,1-4H3. The number of rotatable bonds is 8. The van der Waals surface area contributed by atoms with Crippen molar-refractivity contribution in [3.05, 3.63) is 54.1 Å². The summed E-state index contributed by atoms with van der Waals surface area (Å²) < 4.78 is 38.4. The van der Waals surface area contributed by atoms with Gasteiger partial charge in [0.15, 0.2) is 0 Å². The summed E-state index contributed by atoms with van der Waals surface area (Å²) in [5.41, 5.74) is 1.04. The molecule has 2 rings (SSSR count). The summed E-state index contributed by atoms with van der Waals surface area (Å²) >= 11 is 0. The summed E-state index contributed by atoms with van der Waals surface area (Å²) in [5.74, 6) is 0.777. The molecule has 1 unspecified atom stereocenters. The van der Waals surface area contributed by atoms with Crippen LogP contribution in [0.1, 0.15) is 11.6 Å². The van der Waals surface area contributed by atoms with Crippen molar-refractivity contribution in [2.24, 2.45) is 0 Å². The Bertz CT molecular complexity index is 792. The van der Waals surface area contributed by atoms with E-state index in [1.807, 2.05) is 49.3 Å². The second kappa shape index (κ2) is 8.33. The highest BCUT2D eigenvalue weighted by Crippen LogP contribution is 2.28. The molecule has 0 saturated carbocycles. The molecule has 0 aliphatic heterocycles. The fourth-order valence-electron chi connectivity index (χ4n) is 2.54. The largest absolute Gasteiger partial charge is 0.497 e. The van der Waals surface area contributed by atoms with Crippen LogP contribution in [0, 0.1) is 0 Å². The lowest BCUT2D eigenvalue weighted by atomic mass is 10.1. The van der Waals surface area contributed by atoms with Gasteiger partial charge in [-0.2, -0.15) is 0 Å². The molecule has 1 atom stereocenters. The van der Waals surface area contributed by atoms with E-state index < -0.39 is 10.0 Å². The summed E-state index contributed by atoms with van der Waals surface area (Å²) in [6.45, 7) is 0.245. The third kappa shape index (κ3) is 4.72. The van der Waals surface area contributed by atoms with E-state index in [9.17, 15) is 8.42 Å². The maximum atomic E-state index is 12.7. The molecule has 0 aliphatic carbocycles. The number of methoxy groups -OCH3 is 2. The number of nitrogens with zero attached hydrogens (tertiary/aromatic N) is 1. The average molecular weight is 364 g/mol. The Kier molecular flexibility index (Phi) is 6.41. The zero-order valence-electron chi connectivity index (χ0n) is 14.9. The van der Waals surface area contributed by atoms with Crippen molar-refractivity contribution < 1.29 is 17.9 Å². The number of sulfonamides is 1. The van der Waals surface area contributed by atoms with Crippen molar-refractivity contribution in [2.45, 2.75) is 10.9 Å². The minimum Gasteiger partial charge on any atom is -0.497 e. The van der Waals surface area contributed by atoms with E-state index in [-0.39, 0.29) is 23.2 Å². The van der Waals surface area contributed by atoms with Gasteiger partial charge in [-0.3, -0.25) is 0 Å². The molecule has 2 aromatic rings. The molecule has 25 heavy (non-hydrogen) atoms. The second-order valence-corrected chi connectivity index (χ2v) is 7.49. The van der Waals surface area contributed by atoms with Crippen LogP contribution in [-0.4, -0.2) is 48.2 Å². The molecule has 0 fully saturated rings. The van der Waals surface area contributed by atoms with Crippen molar-refractivity contribution in [3.8, 4) is 11.5 Å². The third-order valence-electron chi connectivity index (χ3n) is 3.93. The van der Waals surface area contributed by atoms with E-state index in [4.69, 9.17) is 9.47 Å². The number of hydrogen-bond acceptors (Lipinski definition) is 5. The quantitative estimate of drug-likeness (QED) is 0.778. The van der Waals surface area contributed by atoms with E-state index in [1.54, 1.807) is 12.1 Å². The van der Waals surface area contributed by atoms with E-state index in [2.05, 4.69) is 4.72 Å². The van der Waals surface area contributed by atoms with Crippen molar-refractivity contribution in [2.75, 3.05) is 34.9 Å². The maximum absolute atomic E-state index is 12.7. The highest BCUT2D eigenvalue weighted by Gasteiger charge is 2.23. The van der Waals surface area contributed by atoms with Gasteiger partial charge in [-0.15, -0.1) is 0 Å². The van der Waals surface area contributed by atoms with Crippen LogP contribution in [0.25, 0.3) is 0 Å². The molecular weight excluding hydrogens is 340 g/mol. The first-order valence-electron chi connectivity index (χ1n) is 7.82. The lowest BCUT2D eigenvalue weighted by Gasteiger charge is -2.25. The Balaban J connectivity index is 2.23. The van der Waals surface area contributed by atoms with E-state index in [0.29, 0.717) is 5.75 Å². The Hall–Kier alpha value is -2.09. The van der Waals surface area contributed by atoms with Crippen molar-refractivity contribution >= 4 is 10.0 Å². The van der Waals surface area contributed by atoms with E-state index in [0.717, 1.165) is 5.56 Å². The van der Waals surface area contributed by atoms with Crippen LogP contribution in [-0.2, 0) is 10.0 Å². The summed E-state index contributed by atoms with van der Waals surface area (Å²) in [5, 5.41) is 0. The number of benzene rings is 2. The molecule has 6 nitrogen and oxygen atoms in total. The van der Waals surface area contributed by atoms with Crippen LogP contribution in [0.4, 0.5) is 0 Å². The minimum absolute atomic E-state index is 0.0831. The van der Waals surface area contributed by atoms with Gasteiger partial charge in [-0.25, -0.2) is 13.1 Å². The predicted molar refractivity (Wildman–Crippen MR) is 97.6 cm³/mol. The van der Waals surface area contributed by atoms with E-state index >= 15 is 0 Å². The zero-order valence-corrected chi connectivity index (χ0v) is 15.7. The fourth-order valence-corrected chi connectivity index (χ4v) is 3.72. The van der Waals surface area contributed by atoms with Gasteiger partial charge >= 0.3 is 0 Å². The molecule has 136 valence electrons. The number of hydrogen-bond donors (Lipinski definition) is 1. The molecule has 1 N–H and O–H groups in total.